The summed E-state index contributed by atoms with van der Waals surface area (Å²) in [7, 11) is 3.27. The van der Waals surface area contributed by atoms with Gasteiger partial charge in [-0.3, -0.25) is 0 Å². The van der Waals surface area contributed by atoms with Gasteiger partial charge < -0.3 is 14.2 Å². The fourth-order valence-corrected chi connectivity index (χ4v) is 2.75. The molecule has 3 nitrogen and oxygen atoms in total. The van der Waals surface area contributed by atoms with Crippen LogP contribution in [-0.4, -0.2) is 26.2 Å². The molecule has 1 aromatic carbocycles. The van der Waals surface area contributed by atoms with Crippen molar-refractivity contribution in [3.8, 4) is 11.5 Å². The van der Waals surface area contributed by atoms with Gasteiger partial charge in [0.15, 0.2) is 11.5 Å². The fourth-order valence-electron chi connectivity index (χ4n) is 2.36. The largest absolute Gasteiger partial charge is 0.493 e. The molecule has 1 heterocycles. The van der Waals surface area contributed by atoms with Gasteiger partial charge in [-0.05, 0) is 37.5 Å². The summed E-state index contributed by atoms with van der Waals surface area (Å²) in [5, 5.41) is 0.164. The molecule has 1 fully saturated rings. The zero-order valence-corrected chi connectivity index (χ0v) is 11.8. The Hall–Kier alpha value is -0.930. The molecule has 0 aromatic heterocycles. The first kappa shape index (κ1) is 13.5. The van der Waals surface area contributed by atoms with Gasteiger partial charge >= 0.3 is 0 Å². The Kier molecular flexibility index (Phi) is 4.03. The Morgan fingerprint density at radius 3 is 2.61 bits per heavy atom. The Morgan fingerprint density at radius 2 is 2.00 bits per heavy atom. The molecule has 1 aliphatic heterocycles. The highest BCUT2D eigenvalue weighted by Gasteiger charge is 2.34. The average molecular weight is 271 g/mol. The van der Waals surface area contributed by atoms with E-state index in [1.54, 1.807) is 14.2 Å². The normalized spacial score (nSPS) is 27.9. The van der Waals surface area contributed by atoms with Crippen molar-refractivity contribution < 1.29 is 14.2 Å². The molecule has 0 radical (unpaired) electrons. The maximum atomic E-state index is 6.25. The number of rotatable bonds is 3. The van der Waals surface area contributed by atoms with Gasteiger partial charge in [0.2, 0.25) is 0 Å². The van der Waals surface area contributed by atoms with Crippen molar-refractivity contribution in [1.82, 2.24) is 0 Å². The summed E-state index contributed by atoms with van der Waals surface area (Å²) in [4.78, 5) is 0. The van der Waals surface area contributed by atoms with E-state index in [2.05, 4.69) is 6.92 Å². The molecule has 0 saturated carbocycles. The number of halogens is 1. The summed E-state index contributed by atoms with van der Waals surface area (Å²) >= 11 is 6.25. The highest BCUT2D eigenvalue weighted by Crippen LogP contribution is 2.40. The van der Waals surface area contributed by atoms with Crippen LogP contribution in [0.25, 0.3) is 0 Å². The van der Waals surface area contributed by atoms with Crippen LogP contribution >= 0.6 is 11.6 Å². The minimum absolute atomic E-state index is 0.164. The van der Waals surface area contributed by atoms with Crippen LogP contribution in [-0.2, 0) is 10.3 Å². The number of benzene rings is 1. The standard InChI is InChI=1S/C14H19ClO3/c1-14(9-11(15)6-7-18-14)10-4-5-12(16-2)13(8-10)17-3/h4-5,8,11H,6-7,9H2,1-3H3. The van der Waals surface area contributed by atoms with Crippen LogP contribution in [0.4, 0.5) is 0 Å². The first-order valence-electron chi connectivity index (χ1n) is 6.09. The first-order valence-corrected chi connectivity index (χ1v) is 6.53. The van der Waals surface area contributed by atoms with Crippen molar-refractivity contribution in [2.75, 3.05) is 20.8 Å². The molecule has 1 saturated heterocycles. The van der Waals surface area contributed by atoms with Gasteiger partial charge in [0.25, 0.3) is 0 Å². The molecule has 2 atom stereocenters. The molecular weight excluding hydrogens is 252 g/mol. The molecule has 0 bridgehead atoms. The quantitative estimate of drug-likeness (QED) is 0.789. The molecule has 100 valence electrons. The van der Waals surface area contributed by atoms with Crippen LogP contribution in [0.5, 0.6) is 11.5 Å². The lowest BCUT2D eigenvalue weighted by Gasteiger charge is -2.36. The molecule has 0 amide bonds. The van der Waals surface area contributed by atoms with Gasteiger partial charge in [-0.15, -0.1) is 11.6 Å². The van der Waals surface area contributed by atoms with Gasteiger partial charge in [-0.2, -0.15) is 0 Å². The third kappa shape index (κ3) is 2.57. The van der Waals surface area contributed by atoms with Gasteiger partial charge in [0.05, 0.1) is 19.8 Å². The molecule has 0 spiro atoms. The summed E-state index contributed by atoms with van der Waals surface area (Å²) in [5.74, 6) is 1.44. The lowest BCUT2D eigenvalue weighted by molar-refractivity contribution is -0.0685. The second kappa shape index (κ2) is 5.37. The Morgan fingerprint density at radius 1 is 1.28 bits per heavy atom. The summed E-state index contributed by atoms with van der Waals surface area (Å²) in [6, 6.07) is 5.88. The predicted octanol–water partition coefficient (Wildman–Crippen LogP) is 3.34. The highest BCUT2D eigenvalue weighted by atomic mass is 35.5. The van der Waals surface area contributed by atoms with Gasteiger partial charge in [-0.25, -0.2) is 0 Å². The van der Waals surface area contributed by atoms with Crippen molar-refractivity contribution in [2.45, 2.75) is 30.7 Å². The third-order valence-electron chi connectivity index (χ3n) is 3.46. The Bertz CT molecular complexity index is 422. The molecule has 0 aliphatic carbocycles. The Balaban J connectivity index is 2.32. The summed E-state index contributed by atoms with van der Waals surface area (Å²) in [5.41, 5.74) is 0.731. The minimum atomic E-state index is -0.343. The summed E-state index contributed by atoms with van der Waals surface area (Å²) in [6.07, 6.45) is 1.72. The smallest absolute Gasteiger partial charge is 0.161 e. The van der Waals surface area contributed by atoms with E-state index in [1.807, 2.05) is 18.2 Å². The van der Waals surface area contributed by atoms with E-state index in [9.17, 15) is 0 Å². The Labute approximate surface area is 113 Å². The number of hydrogen-bond donors (Lipinski definition) is 0. The van der Waals surface area contributed by atoms with Gasteiger partial charge in [0.1, 0.15) is 0 Å². The zero-order chi connectivity index (χ0) is 13.2. The fraction of sp³-hybridized carbons (Fsp3) is 0.571. The molecule has 2 unspecified atom stereocenters. The second-order valence-corrected chi connectivity index (χ2v) is 5.36. The predicted molar refractivity (Wildman–Crippen MR) is 71.7 cm³/mol. The van der Waals surface area contributed by atoms with Crippen molar-refractivity contribution >= 4 is 11.6 Å². The van der Waals surface area contributed by atoms with Crippen LogP contribution in [0.1, 0.15) is 25.3 Å². The second-order valence-electron chi connectivity index (χ2n) is 4.74. The molecule has 2 rings (SSSR count). The molecule has 1 aromatic rings. The van der Waals surface area contributed by atoms with E-state index in [4.69, 9.17) is 25.8 Å². The molecule has 18 heavy (non-hydrogen) atoms. The monoisotopic (exact) mass is 270 g/mol. The lowest BCUT2D eigenvalue weighted by Crippen LogP contribution is -2.35. The first-order chi connectivity index (χ1) is 8.59. The van der Waals surface area contributed by atoms with Crippen LogP contribution in [0.3, 0.4) is 0 Å². The lowest BCUT2D eigenvalue weighted by atomic mass is 9.88. The number of hydrogen-bond acceptors (Lipinski definition) is 3. The van der Waals surface area contributed by atoms with Crippen LogP contribution in [0.2, 0.25) is 0 Å². The number of ether oxygens (including phenoxy) is 3. The maximum absolute atomic E-state index is 6.25. The van der Waals surface area contributed by atoms with Crippen molar-refractivity contribution in [1.29, 1.82) is 0 Å². The van der Waals surface area contributed by atoms with E-state index in [1.165, 1.54) is 0 Å². The highest BCUT2D eigenvalue weighted by molar-refractivity contribution is 6.20. The summed E-state index contributed by atoms with van der Waals surface area (Å²) < 4.78 is 16.5. The van der Waals surface area contributed by atoms with Crippen LogP contribution in [0.15, 0.2) is 18.2 Å². The van der Waals surface area contributed by atoms with E-state index < -0.39 is 0 Å². The number of alkyl halides is 1. The van der Waals surface area contributed by atoms with Crippen LogP contribution in [0, 0.1) is 0 Å². The maximum Gasteiger partial charge on any atom is 0.161 e. The SMILES string of the molecule is COc1ccc(C2(C)CC(Cl)CCO2)cc1OC. The van der Waals surface area contributed by atoms with E-state index >= 15 is 0 Å². The number of methoxy groups -OCH3 is 2. The molecule has 4 heteroatoms. The van der Waals surface area contributed by atoms with E-state index in [0.29, 0.717) is 6.61 Å². The topological polar surface area (TPSA) is 27.7 Å². The summed E-state index contributed by atoms with van der Waals surface area (Å²) in [6.45, 7) is 2.77. The van der Waals surface area contributed by atoms with Gasteiger partial charge in [-0.1, -0.05) is 6.07 Å². The van der Waals surface area contributed by atoms with Crippen molar-refractivity contribution in [3.63, 3.8) is 0 Å². The minimum Gasteiger partial charge on any atom is -0.493 e. The van der Waals surface area contributed by atoms with Crippen molar-refractivity contribution in [2.24, 2.45) is 0 Å². The zero-order valence-electron chi connectivity index (χ0n) is 11.0. The van der Waals surface area contributed by atoms with Crippen LogP contribution < -0.4 is 9.47 Å². The average Bonchev–Trinajstić information content (AvgIpc) is 2.37. The van der Waals surface area contributed by atoms with E-state index in [0.717, 1.165) is 29.9 Å². The third-order valence-corrected chi connectivity index (χ3v) is 3.83. The molecular formula is C14H19ClO3. The van der Waals surface area contributed by atoms with Crippen molar-refractivity contribution in [3.05, 3.63) is 23.8 Å². The van der Waals surface area contributed by atoms with E-state index in [-0.39, 0.29) is 11.0 Å². The molecule has 0 N–H and O–H groups in total. The van der Waals surface area contributed by atoms with Gasteiger partial charge in [0, 0.05) is 12.0 Å². The molecule has 1 aliphatic rings.